The molecule has 0 atom stereocenters. The minimum atomic E-state index is -0.306. The summed E-state index contributed by atoms with van der Waals surface area (Å²) in [6, 6.07) is 10.9. The van der Waals surface area contributed by atoms with Gasteiger partial charge in [-0.15, -0.1) is 0 Å². The maximum absolute atomic E-state index is 12.9. The molecule has 170 valence electrons. The van der Waals surface area contributed by atoms with Gasteiger partial charge in [0, 0.05) is 17.7 Å². The monoisotopic (exact) mass is 483 g/mol. The number of aromatic amines is 1. The van der Waals surface area contributed by atoms with E-state index in [0.29, 0.717) is 46.6 Å². The van der Waals surface area contributed by atoms with Crippen molar-refractivity contribution in [3.8, 4) is 5.75 Å². The number of imidazole rings is 1. The second kappa shape index (κ2) is 9.07. The highest BCUT2D eigenvalue weighted by Crippen LogP contribution is 2.33. The van der Waals surface area contributed by atoms with Crippen molar-refractivity contribution < 1.29 is 9.53 Å². The second-order valence-corrected chi connectivity index (χ2v) is 9.12. The first-order valence-corrected chi connectivity index (χ1v) is 12.2. The Hall–Kier alpha value is -3.04. The van der Waals surface area contributed by atoms with Crippen LogP contribution in [0.2, 0.25) is 5.02 Å². The van der Waals surface area contributed by atoms with Gasteiger partial charge in [-0.05, 0) is 30.9 Å². The van der Waals surface area contributed by atoms with E-state index in [2.05, 4.69) is 14.8 Å². The maximum atomic E-state index is 12.9. The highest BCUT2D eigenvalue weighted by molar-refractivity contribution is 7.97. The Kier molecular flexibility index (Phi) is 5.99. The van der Waals surface area contributed by atoms with Gasteiger partial charge in [0.2, 0.25) is 0 Å². The van der Waals surface area contributed by atoms with Crippen LogP contribution in [-0.2, 0) is 17.8 Å². The molecule has 1 fully saturated rings. The minimum absolute atomic E-state index is 0.158. The predicted octanol–water partition coefficient (Wildman–Crippen LogP) is 3.70. The van der Waals surface area contributed by atoms with Crippen molar-refractivity contribution in [2.75, 3.05) is 12.9 Å². The average molecular weight is 484 g/mol. The van der Waals surface area contributed by atoms with Crippen LogP contribution in [0.1, 0.15) is 24.4 Å². The number of ether oxygens (including phenoxy) is 1. The first-order chi connectivity index (χ1) is 16.0. The number of aromatic nitrogens is 4. The largest absolute Gasteiger partial charge is 0.492 e. The molecule has 2 heterocycles. The lowest BCUT2D eigenvalue weighted by molar-refractivity contribution is -0.120. The summed E-state index contributed by atoms with van der Waals surface area (Å²) in [5.41, 5.74) is 1.89. The van der Waals surface area contributed by atoms with Crippen molar-refractivity contribution in [1.29, 1.82) is 0 Å². The standard InChI is InChI=1S/C23H22ClN5O3S/c1-33-28-22(30)11-29-23(31)15-5-3-2-4-14(15)17(27-29)10-21-25-18-8-16(24)20(9-19(18)26-21)32-12-13-6-7-13/h2-5,8-9,13H,6-7,10-12H2,1H3,(H,25,26)(H,28,30). The molecule has 33 heavy (non-hydrogen) atoms. The third-order valence-corrected chi connectivity index (χ3v) is 6.27. The van der Waals surface area contributed by atoms with E-state index in [9.17, 15) is 9.59 Å². The number of H-pyrrole nitrogens is 1. The Balaban J connectivity index is 1.49. The fourth-order valence-electron chi connectivity index (χ4n) is 3.73. The van der Waals surface area contributed by atoms with E-state index in [0.717, 1.165) is 16.4 Å². The molecular weight excluding hydrogens is 462 g/mol. The van der Waals surface area contributed by atoms with E-state index in [1.807, 2.05) is 24.3 Å². The highest BCUT2D eigenvalue weighted by Gasteiger charge is 2.22. The van der Waals surface area contributed by atoms with Gasteiger partial charge in [-0.25, -0.2) is 9.67 Å². The molecule has 5 rings (SSSR count). The summed E-state index contributed by atoms with van der Waals surface area (Å²) in [4.78, 5) is 32.9. The topological polar surface area (TPSA) is 102 Å². The molecule has 1 amide bonds. The van der Waals surface area contributed by atoms with Crippen LogP contribution in [0.4, 0.5) is 0 Å². The molecule has 2 aromatic heterocycles. The van der Waals surface area contributed by atoms with Crippen LogP contribution >= 0.6 is 23.5 Å². The Morgan fingerprint density at radius 1 is 1.30 bits per heavy atom. The van der Waals surface area contributed by atoms with Gasteiger partial charge in [-0.1, -0.05) is 41.7 Å². The van der Waals surface area contributed by atoms with Gasteiger partial charge in [0.15, 0.2) is 0 Å². The number of fused-ring (bicyclic) bond motifs is 2. The lowest BCUT2D eigenvalue weighted by Gasteiger charge is -2.10. The van der Waals surface area contributed by atoms with Gasteiger partial charge < -0.3 is 9.72 Å². The Bertz CT molecular complexity index is 1410. The van der Waals surface area contributed by atoms with Crippen LogP contribution in [0, 0.1) is 5.92 Å². The normalized spacial score (nSPS) is 13.5. The smallest absolute Gasteiger partial charge is 0.275 e. The van der Waals surface area contributed by atoms with E-state index in [1.54, 1.807) is 18.4 Å². The molecule has 0 unspecified atom stereocenters. The van der Waals surface area contributed by atoms with Gasteiger partial charge >= 0.3 is 0 Å². The van der Waals surface area contributed by atoms with Gasteiger partial charge in [0.05, 0.1) is 40.2 Å². The number of nitrogens with zero attached hydrogens (tertiary/aromatic N) is 3. The van der Waals surface area contributed by atoms with Gasteiger partial charge in [-0.2, -0.15) is 5.10 Å². The summed E-state index contributed by atoms with van der Waals surface area (Å²) in [5.74, 6) is 1.64. The van der Waals surface area contributed by atoms with Crippen LogP contribution in [0.5, 0.6) is 5.75 Å². The summed E-state index contributed by atoms with van der Waals surface area (Å²) < 4.78 is 9.69. The lowest BCUT2D eigenvalue weighted by atomic mass is 10.1. The first kappa shape index (κ1) is 21.8. The van der Waals surface area contributed by atoms with E-state index < -0.39 is 0 Å². The van der Waals surface area contributed by atoms with Gasteiger partial charge in [-0.3, -0.25) is 14.3 Å². The number of nitrogens with one attached hydrogen (secondary N) is 2. The molecule has 1 aliphatic rings. The Morgan fingerprint density at radius 3 is 2.85 bits per heavy atom. The van der Waals surface area contributed by atoms with Crippen LogP contribution in [0.3, 0.4) is 0 Å². The molecule has 0 saturated heterocycles. The van der Waals surface area contributed by atoms with Crippen molar-refractivity contribution in [2.45, 2.75) is 25.8 Å². The number of hydrogen-bond acceptors (Lipinski definition) is 6. The number of carbonyl (C=O) groups is 1. The van der Waals surface area contributed by atoms with E-state index >= 15 is 0 Å². The summed E-state index contributed by atoms with van der Waals surface area (Å²) >= 11 is 7.58. The zero-order valence-electron chi connectivity index (χ0n) is 17.9. The fourth-order valence-corrected chi connectivity index (χ4v) is 4.24. The first-order valence-electron chi connectivity index (χ1n) is 10.6. The molecule has 1 saturated carbocycles. The molecule has 1 aliphatic carbocycles. The summed E-state index contributed by atoms with van der Waals surface area (Å²) in [5, 5.41) is 6.28. The minimum Gasteiger partial charge on any atom is -0.492 e. The fraction of sp³-hybridized carbons (Fsp3) is 0.304. The molecular formula is C23H22ClN5O3S. The third kappa shape index (κ3) is 4.69. The molecule has 10 heteroatoms. The Morgan fingerprint density at radius 2 is 2.09 bits per heavy atom. The molecule has 0 aliphatic heterocycles. The number of benzene rings is 2. The molecule has 0 spiro atoms. The lowest BCUT2D eigenvalue weighted by Crippen LogP contribution is -2.32. The van der Waals surface area contributed by atoms with Crippen molar-refractivity contribution in [3.63, 3.8) is 0 Å². The summed E-state index contributed by atoms with van der Waals surface area (Å²) in [6.45, 7) is 0.513. The van der Waals surface area contributed by atoms with Crippen LogP contribution in [0.25, 0.3) is 21.8 Å². The molecule has 0 radical (unpaired) electrons. The number of rotatable bonds is 8. The number of hydrogen-bond donors (Lipinski definition) is 2. The zero-order valence-corrected chi connectivity index (χ0v) is 19.5. The molecule has 2 N–H and O–H groups in total. The Labute approximate surface area is 198 Å². The SMILES string of the molecule is CSNC(=O)Cn1nc(Cc2nc3cc(OCC4CC4)c(Cl)cc3[nH]2)c2ccccc2c1=O. The maximum Gasteiger partial charge on any atom is 0.275 e. The quantitative estimate of drug-likeness (QED) is 0.370. The second-order valence-electron chi connectivity index (χ2n) is 8.10. The van der Waals surface area contributed by atoms with Crippen LogP contribution in [0.15, 0.2) is 41.2 Å². The van der Waals surface area contributed by atoms with Crippen molar-refractivity contribution in [2.24, 2.45) is 5.92 Å². The van der Waals surface area contributed by atoms with Gasteiger partial charge in [0.1, 0.15) is 18.1 Å². The molecule has 2 aromatic carbocycles. The number of amides is 1. The summed E-state index contributed by atoms with van der Waals surface area (Å²) in [6.07, 6.45) is 4.51. The van der Waals surface area contributed by atoms with Crippen molar-refractivity contribution in [1.82, 2.24) is 24.5 Å². The molecule has 0 bridgehead atoms. The number of carbonyl (C=O) groups excluding carboxylic acids is 1. The summed E-state index contributed by atoms with van der Waals surface area (Å²) in [7, 11) is 0. The van der Waals surface area contributed by atoms with Gasteiger partial charge in [0.25, 0.3) is 11.5 Å². The van der Waals surface area contributed by atoms with Crippen molar-refractivity contribution in [3.05, 3.63) is 63.3 Å². The molecule has 8 nitrogen and oxygen atoms in total. The van der Waals surface area contributed by atoms with E-state index in [1.165, 1.54) is 29.5 Å². The number of halogens is 1. The van der Waals surface area contributed by atoms with Crippen LogP contribution in [-0.4, -0.2) is 38.5 Å². The molecule has 4 aromatic rings. The highest BCUT2D eigenvalue weighted by atomic mass is 35.5. The van der Waals surface area contributed by atoms with Crippen LogP contribution < -0.4 is 15.0 Å². The predicted molar refractivity (Wildman–Crippen MR) is 130 cm³/mol. The van der Waals surface area contributed by atoms with E-state index in [-0.39, 0.29) is 18.0 Å². The van der Waals surface area contributed by atoms with Crippen molar-refractivity contribution >= 4 is 51.3 Å². The third-order valence-electron chi connectivity index (χ3n) is 5.54. The zero-order chi connectivity index (χ0) is 22.9. The average Bonchev–Trinajstić information content (AvgIpc) is 3.55. The van der Waals surface area contributed by atoms with E-state index in [4.69, 9.17) is 21.3 Å².